The lowest BCUT2D eigenvalue weighted by atomic mass is 9.78. The summed E-state index contributed by atoms with van der Waals surface area (Å²) < 4.78 is 0. The quantitative estimate of drug-likeness (QED) is 0.662. The van der Waals surface area contributed by atoms with Gasteiger partial charge in [-0.25, -0.2) is 0 Å². The Morgan fingerprint density at radius 1 is 0.938 bits per heavy atom. The Balaban J connectivity index is 1.64. The summed E-state index contributed by atoms with van der Waals surface area (Å²) in [4.78, 5) is 27.2. The largest absolute Gasteiger partial charge is 0.388 e. The van der Waals surface area contributed by atoms with Gasteiger partial charge in [-0.15, -0.1) is 0 Å². The number of aryl methyl sites for hydroxylation is 1. The molecule has 0 aliphatic carbocycles. The lowest BCUT2D eigenvalue weighted by Gasteiger charge is -2.46. The summed E-state index contributed by atoms with van der Waals surface area (Å²) in [7, 11) is 0. The number of β-amino-alcohol motifs (C(OH)–C–C–N with tert-alkyl or cyclic N) is 1. The van der Waals surface area contributed by atoms with Crippen LogP contribution in [0.5, 0.6) is 0 Å². The van der Waals surface area contributed by atoms with Crippen LogP contribution >= 0.6 is 0 Å². The zero-order valence-electron chi connectivity index (χ0n) is 18.4. The SMILES string of the molecule is CC(=O)N[C@]1(c2ccccc2)CCN(C(=O)c2ccccc2-c2ccccc2C)C[C@H]1O. The first-order valence-corrected chi connectivity index (χ1v) is 10.9. The summed E-state index contributed by atoms with van der Waals surface area (Å²) in [6.07, 6.45) is -0.507. The van der Waals surface area contributed by atoms with Crippen LogP contribution in [0.25, 0.3) is 11.1 Å². The Morgan fingerprint density at radius 3 is 2.22 bits per heavy atom. The Morgan fingerprint density at radius 2 is 1.56 bits per heavy atom. The molecule has 4 rings (SSSR count). The van der Waals surface area contributed by atoms with Gasteiger partial charge in [0.2, 0.25) is 5.91 Å². The summed E-state index contributed by atoms with van der Waals surface area (Å²) in [5.41, 5.74) is 3.54. The van der Waals surface area contributed by atoms with Gasteiger partial charge in [-0.05, 0) is 41.7 Å². The van der Waals surface area contributed by atoms with Crippen LogP contribution in [0.15, 0.2) is 78.9 Å². The predicted octanol–water partition coefficient (Wildman–Crippen LogP) is 3.90. The van der Waals surface area contributed by atoms with Crippen LogP contribution in [0.1, 0.15) is 34.8 Å². The third-order valence-electron chi connectivity index (χ3n) is 6.31. The predicted molar refractivity (Wildman–Crippen MR) is 125 cm³/mol. The molecule has 2 amide bonds. The summed E-state index contributed by atoms with van der Waals surface area (Å²) in [5, 5.41) is 14.2. The van der Waals surface area contributed by atoms with Crippen LogP contribution in [0.2, 0.25) is 0 Å². The molecule has 3 aromatic carbocycles. The maximum Gasteiger partial charge on any atom is 0.254 e. The molecule has 0 spiro atoms. The number of hydrogen-bond donors (Lipinski definition) is 2. The molecule has 1 heterocycles. The van der Waals surface area contributed by atoms with Crippen molar-refractivity contribution in [2.75, 3.05) is 13.1 Å². The molecule has 5 nitrogen and oxygen atoms in total. The number of aliphatic hydroxyl groups excluding tert-OH is 1. The van der Waals surface area contributed by atoms with Crippen molar-refractivity contribution < 1.29 is 14.7 Å². The van der Waals surface area contributed by atoms with E-state index >= 15 is 0 Å². The molecule has 2 atom stereocenters. The zero-order chi connectivity index (χ0) is 22.7. The second kappa shape index (κ2) is 8.97. The Kier molecular flexibility index (Phi) is 6.10. The van der Waals surface area contributed by atoms with Crippen molar-refractivity contribution >= 4 is 11.8 Å². The molecule has 0 bridgehead atoms. The van der Waals surface area contributed by atoms with E-state index in [1.807, 2.05) is 85.8 Å². The van der Waals surface area contributed by atoms with Crippen molar-refractivity contribution in [3.05, 3.63) is 95.6 Å². The highest BCUT2D eigenvalue weighted by Crippen LogP contribution is 2.35. The fraction of sp³-hybridized carbons (Fsp3) is 0.259. The van der Waals surface area contributed by atoms with Gasteiger partial charge in [0.15, 0.2) is 0 Å². The minimum atomic E-state index is -0.933. The number of nitrogens with one attached hydrogen (secondary N) is 1. The molecule has 0 saturated carbocycles. The number of likely N-dealkylation sites (tertiary alicyclic amines) is 1. The molecule has 1 aliphatic heterocycles. The first-order chi connectivity index (χ1) is 15.4. The van der Waals surface area contributed by atoms with E-state index in [1.165, 1.54) is 6.92 Å². The van der Waals surface area contributed by atoms with Gasteiger partial charge in [0.05, 0.1) is 11.6 Å². The average Bonchev–Trinajstić information content (AvgIpc) is 2.80. The number of rotatable bonds is 4. The van der Waals surface area contributed by atoms with Gasteiger partial charge < -0.3 is 15.3 Å². The second-order valence-electron chi connectivity index (χ2n) is 8.40. The number of amides is 2. The van der Waals surface area contributed by atoms with Gasteiger partial charge in [0.1, 0.15) is 0 Å². The summed E-state index contributed by atoms with van der Waals surface area (Å²) >= 11 is 0. The fourth-order valence-corrected chi connectivity index (χ4v) is 4.67. The molecule has 0 aromatic heterocycles. The minimum Gasteiger partial charge on any atom is -0.388 e. The average molecular weight is 429 g/mol. The first-order valence-electron chi connectivity index (χ1n) is 10.9. The van der Waals surface area contributed by atoms with Crippen LogP contribution < -0.4 is 5.32 Å². The maximum absolute atomic E-state index is 13.5. The summed E-state index contributed by atoms with van der Waals surface area (Å²) in [6, 6.07) is 25.1. The van der Waals surface area contributed by atoms with Crippen LogP contribution in [-0.2, 0) is 10.3 Å². The second-order valence-corrected chi connectivity index (χ2v) is 8.40. The van der Waals surface area contributed by atoms with E-state index in [0.29, 0.717) is 18.5 Å². The van der Waals surface area contributed by atoms with Gasteiger partial charge in [-0.1, -0.05) is 72.8 Å². The van der Waals surface area contributed by atoms with Crippen molar-refractivity contribution in [1.82, 2.24) is 10.2 Å². The van der Waals surface area contributed by atoms with E-state index in [2.05, 4.69) is 5.32 Å². The number of hydrogen-bond acceptors (Lipinski definition) is 3. The van der Waals surface area contributed by atoms with E-state index in [4.69, 9.17) is 0 Å². The van der Waals surface area contributed by atoms with Gasteiger partial charge >= 0.3 is 0 Å². The summed E-state index contributed by atoms with van der Waals surface area (Å²) in [5.74, 6) is -0.329. The van der Waals surface area contributed by atoms with Crippen molar-refractivity contribution in [3.8, 4) is 11.1 Å². The molecular formula is C27H28N2O3. The van der Waals surface area contributed by atoms with E-state index in [-0.39, 0.29) is 18.4 Å². The van der Waals surface area contributed by atoms with Crippen LogP contribution in [-0.4, -0.2) is 41.0 Å². The normalized spacial score (nSPS) is 20.6. The smallest absolute Gasteiger partial charge is 0.254 e. The zero-order valence-corrected chi connectivity index (χ0v) is 18.4. The Labute approximate surface area is 188 Å². The Bertz CT molecular complexity index is 1130. The Hall–Kier alpha value is -3.44. The monoisotopic (exact) mass is 428 g/mol. The minimum absolute atomic E-state index is 0.118. The molecule has 164 valence electrons. The lowest BCUT2D eigenvalue weighted by molar-refractivity contribution is -0.124. The molecule has 0 radical (unpaired) electrons. The molecule has 1 aliphatic rings. The molecule has 2 N–H and O–H groups in total. The van der Waals surface area contributed by atoms with Crippen molar-refractivity contribution in [2.24, 2.45) is 0 Å². The topological polar surface area (TPSA) is 69.6 Å². The van der Waals surface area contributed by atoms with Gasteiger partial charge in [-0.2, -0.15) is 0 Å². The number of carbonyl (C=O) groups excluding carboxylic acids is 2. The number of nitrogens with zero attached hydrogens (tertiary/aromatic N) is 1. The molecule has 5 heteroatoms. The number of aliphatic hydroxyl groups is 1. The molecule has 32 heavy (non-hydrogen) atoms. The maximum atomic E-state index is 13.5. The number of piperidine rings is 1. The summed E-state index contributed by atoms with van der Waals surface area (Å²) in [6.45, 7) is 4.04. The highest BCUT2D eigenvalue weighted by molar-refractivity contribution is 6.01. The lowest BCUT2D eigenvalue weighted by Crippen LogP contribution is -2.62. The molecule has 3 aromatic rings. The van der Waals surface area contributed by atoms with E-state index in [0.717, 1.165) is 22.3 Å². The standard InChI is InChI=1S/C27H28N2O3/c1-19-10-6-7-13-22(19)23-14-8-9-15-24(23)26(32)29-17-16-27(25(31)18-29,28-20(2)30)21-11-4-3-5-12-21/h3-15,25,31H,16-18H2,1-2H3,(H,28,30)/t25-,27+/m1/s1. The van der Waals surface area contributed by atoms with Crippen LogP contribution in [0, 0.1) is 6.92 Å². The third-order valence-corrected chi connectivity index (χ3v) is 6.31. The molecule has 1 fully saturated rings. The van der Waals surface area contributed by atoms with E-state index in [1.54, 1.807) is 4.90 Å². The first kappa shape index (κ1) is 21.8. The van der Waals surface area contributed by atoms with Crippen LogP contribution in [0.3, 0.4) is 0 Å². The highest BCUT2D eigenvalue weighted by atomic mass is 16.3. The van der Waals surface area contributed by atoms with Crippen molar-refractivity contribution in [2.45, 2.75) is 31.9 Å². The van der Waals surface area contributed by atoms with E-state index < -0.39 is 11.6 Å². The van der Waals surface area contributed by atoms with Gasteiger partial charge in [0, 0.05) is 25.6 Å². The van der Waals surface area contributed by atoms with Crippen molar-refractivity contribution in [1.29, 1.82) is 0 Å². The molecule has 0 unspecified atom stereocenters. The highest BCUT2D eigenvalue weighted by Gasteiger charge is 2.45. The van der Waals surface area contributed by atoms with E-state index in [9.17, 15) is 14.7 Å². The third kappa shape index (κ3) is 4.04. The molecule has 1 saturated heterocycles. The fourth-order valence-electron chi connectivity index (χ4n) is 4.67. The number of benzene rings is 3. The van der Waals surface area contributed by atoms with Crippen molar-refractivity contribution in [3.63, 3.8) is 0 Å². The van der Waals surface area contributed by atoms with Gasteiger partial charge in [-0.3, -0.25) is 9.59 Å². The van der Waals surface area contributed by atoms with Gasteiger partial charge in [0.25, 0.3) is 5.91 Å². The van der Waals surface area contributed by atoms with Crippen LogP contribution in [0.4, 0.5) is 0 Å². The molecular weight excluding hydrogens is 400 g/mol. The number of carbonyl (C=O) groups is 2.